The first-order valence-electron chi connectivity index (χ1n) is 7.72. The van der Waals surface area contributed by atoms with Crippen LogP contribution in [0.3, 0.4) is 0 Å². The third-order valence-electron chi connectivity index (χ3n) is 4.41. The molecule has 0 amide bonds. The van der Waals surface area contributed by atoms with E-state index in [1.54, 1.807) is 7.11 Å². The van der Waals surface area contributed by atoms with Crippen molar-refractivity contribution in [3.63, 3.8) is 0 Å². The van der Waals surface area contributed by atoms with E-state index in [0.29, 0.717) is 12.0 Å². The molecule has 2 aromatic rings. The molecule has 1 aliphatic heterocycles. The Bertz CT molecular complexity index is 568. The highest BCUT2D eigenvalue weighted by atomic mass is 16.5. The van der Waals surface area contributed by atoms with Gasteiger partial charge in [0.25, 0.3) is 0 Å². The molecule has 21 heavy (non-hydrogen) atoms. The summed E-state index contributed by atoms with van der Waals surface area (Å²) in [6.07, 6.45) is 2.51. The summed E-state index contributed by atoms with van der Waals surface area (Å²) in [6, 6.07) is 18.0. The molecule has 2 nitrogen and oxygen atoms in total. The van der Waals surface area contributed by atoms with E-state index in [-0.39, 0.29) is 0 Å². The van der Waals surface area contributed by atoms with E-state index in [1.165, 1.54) is 29.5 Å². The van der Waals surface area contributed by atoms with Crippen LogP contribution in [-0.2, 0) is 0 Å². The zero-order valence-electron chi connectivity index (χ0n) is 12.8. The summed E-state index contributed by atoms with van der Waals surface area (Å²) < 4.78 is 5.28. The Hall–Kier alpha value is -1.80. The highest BCUT2D eigenvalue weighted by molar-refractivity contribution is 5.38. The molecule has 3 rings (SSSR count). The van der Waals surface area contributed by atoms with Gasteiger partial charge < -0.3 is 10.1 Å². The van der Waals surface area contributed by atoms with Gasteiger partial charge in [0.2, 0.25) is 0 Å². The minimum absolute atomic E-state index is 0.416. The van der Waals surface area contributed by atoms with Crippen LogP contribution in [0.5, 0.6) is 5.75 Å². The Kier molecular flexibility index (Phi) is 4.26. The SMILES string of the molecule is COc1ccc([C@@H](c2ccc(C)cc2)C2CCCN2)cc1. The highest BCUT2D eigenvalue weighted by Crippen LogP contribution is 2.33. The molecule has 1 fully saturated rings. The molecule has 0 radical (unpaired) electrons. The first-order chi connectivity index (χ1) is 10.3. The maximum absolute atomic E-state index is 5.28. The zero-order chi connectivity index (χ0) is 14.7. The fourth-order valence-electron chi connectivity index (χ4n) is 3.24. The number of aryl methyl sites for hydroxylation is 1. The Labute approximate surface area is 127 Å². The van der Waals surface area contributed by atoms with Gasteiger partial charge in [-0.1, -0.05) is 42.0 Å². The van der Waals surface area contributed by atoms with Crippen molar-refractivity contribution in [3.8, 4) is 5.75 Å². The molecule has 2 aromatic carbocycles. The largest absolute Gasteiger partial charge is 0.497 e. The van der Waals surface area contributed by atoms with E-state index in [0.717, 1.165) is 12.3 Å². The average molecular weight is 281 g/mol. The predicted octanol–water partition coefficient (Wildman–Crippen LogP) is 3.89. The summed E-state index contributed by atoms with van der Waals surface area (Å²) in [4.78, 5) is 0. The second-order valence-electron chi connectivity index (χ2n) is 5.86. The molecule has 0 bridgehead atoms. The van der Waals surface area contributed by atoms with Gasteiger partial charge in [-0.3, -0.25) is 0 Å². The number of hydrogen-bond donors (Lipinski definition) is 1. The highest BCUT2D eigenvalue weighted by Gasteiger charge is 2.27. The minimum Gasteiger partial charge on any atom is -0.497 e. The minimum atomic E-state index is 0.416. The predicted molar refractivity (Wildman–Crippen MR) is 87.0 cm³/mol. The van der Waals surface area contributed by atoms with Crippen molar-refractivity contribution in [3.05, 3.63) is 65.2 Å². The van der Waals surface area contributed by atoms with Crippen LogP contribution < -0.4 is 10.1 Å². The third-order valence-corrected chi connectivity index (χ3v) is 4.41. The Morgan fingerprint density at radius 2 is 1.62 bits per heavy atom. The van der Waals surface area contributed by atoms with Crippen LogP contribution in [0.2, 0.25) is 0 Å². The summed E-state index contributed by atoms with van der Waals surface area (Å²) in [6.45, 7) is 3.27. The van der Waals surface area contributed by atoms with Gasteiger partial charge in [-0.15, -0.1) is 0 Å². The van der Waals surface area contributed by atoms with Crippen molar-refractivity contribution in [2.75, 3.05) is 13.7 Å². The van der Waals surface area contributed by atoms with Gasteiger partial charge >= 0.3 is 0 Å². The van der Waals surface area contributed by atoms with Gasteiger partial charge in [0, 0.05) is 12.0 Å². The van der Waals surface area contributed by atoms with E-state index in [1.807, 2.05) is 0 Å². The number of hydrogen-bond acceptors (Lipinski definition) is 2. The van der Waals surface area contributed by atoms with Crippen LogP contribution in [0.25, 0.3) is 0 Å². The third kappa shape index (κ3) is 3.11. The molecule has 2 atom stereocenters. The van der Waals surface area contributed by atoms with Gasteiger partial charge in [0.1, 0.15) is 5.75 Å². The smallest absolute Gasteiger partial charge is 0.118 e. The van der Waals surface area contributed by atoms with Crippen molar-refractivity contribution >= 4 is 0 Å². The van der Waals surface area contributed by atoms with Gasteiger partial charge in [-0.2, -0.15) is 0 Å². The summed E-state index contributed by atoms with van der Waals surface area (Å²) in [5.41, 5.74) is 4.07. The lowest BCUT2D eigenvalue weighted by Gasteiger charge is -2.25. The zero-order valence-corrected chi connectivity index (χ0v) is 12.8. The van der Waals surface area contributed by atoms with Crippen LogP contribution in [0.4, 0.5) is 0 Å². The van der Waals surface area contributed by atoms with Crippen LogP contribution in [-0.4, -0.2) is 19.7 Å². The van der Waals surface area contributed by atoms with Crippen molar-refractivity contribution in [1.82, 2.24) is 5.32 Å². The standard InChI is InChI=1S/C19H23NO/c1-14-5-7-15(8-6-14)19(18-4-3-13-20-18)16-9-11-17(21-2)12-10-16/h5-12,18-20H,3-4,13H2,1-2H3/t18?,19-/m1/s1. The second kappa shape index (κ2) is 6.31. The van der Waals surface area contributed by atoms with Crippen LogP contribution in [0.1, 0.15) is 35.4 Å². The van der Waals surface area contributed by atoms with E-state index >= 15 is 0 Å². The maximum atomic E-state index is 5.28. The average Bonchev–Trinajstić information content (AvgIpc) is 3.04. The molecule has 2 heteroatoms. The van der Waals surface area contributed by atoms with E-state index in [9.17, 15) is 0 Å². The molecule has 1 aliphatic rings. The van der Waals surface area contributed by atoms with Gasteiger partial charge in [-0.05, 0) is 49.6 Å². The van der Waals surface area contributed by atoms with Crippen molar-refractivity contribution < 1.29 is 4.74 Å². The van der Waals surface area contributed by atoms with E-state index in [2.05, 4.69) is 60.8 Å². The summed E-state index contributed by atoms with van der Waals surface area (Å²) >= 11 is 0. The van der Waals surface area contributed by atoms with Gasteiger partial charge in [0.15, 0.2) is 0 Å². The molecule has 1 heterocycles. The second-order valence-corrected chi connectivity index (χ2v) is 5.86. The molecule has 1 unspecified atom stereocenters. The topological polar surface area (TPSA) is 21.3 Å². The Morgan fingerprint density at radius 1 is 1.00 bits per heavy atom. The van der Waals surface area contributed by atoms with Crippen molar-refractivity contribution in [2.45, 2.75) is 31.7 Å². The maximum Gasteiger partial charge on any atom is 0.118 e. The number of benzene rings is 2. The molecule has 0 saturated carbocycles. The molecule has 0 aliphatic carbocycles. The van der Waals surface area contributed by atoms with Gasteiger partial charge in [-0.25, -0.2) is 0 Å². The number of rotatable bonds is 4. The fraction of sp³-hybridized carbons (Fsp3) is 0.368. The molecule has 110 valence electrons. The lowest BCUT2D eigenvalue weighted by atomic mass is 9.84. The molecular formula is C19H23NO. The van der Waals surface area contributed by atoms with E-state index in [4.69, 9.17) is 4.74 Å². The Balaban J connectivity index is 1.96. The van der Waals surface area contributed by atoms with Crippen LogP contribution in [0.15, 0.2) is 48.5 Å². The molecule has 0 spiro atoms. The molecular weight excluding hydrogens is 258 g/mol. The normalized spacial score (nSPS) is 19.4. The number of nitrogens with one attached hydrogen (secondary N) is 1. The van der Waals surface area contributed by atoms with Crippen LogP contribution >= 0.6 is 0 Å². The van der Waals surface area contributed by atoms with Crippen LogP contribution in [0, 0.1) is 6.92 Å². The fourth-order valence-corrected chi connectivity index (χ4v) is 3.24. The first-order valence-corrected chi connectivity index (χ1v) is 7.72. The Morgan fingerprint density at radius 3 is 2.14 bits per heavy atom. The molecule has 1 N–H and O–H groups in total. The monoisotopic (exact) mass is 281 g/mol. The number of ether oxygens (including phenoxy) is 1. The summed E-state index contributed by atoms with van der Waals surface area (Å²) in [5.74, 6) is 1.33. The van der Waals surface area contributed by atoms with E-state index < -0.39 is 0 Å². The van der Waals surface area contributed by atoms with Crippen molar-refractivity contribution in [1.29, 1.82) is 0 Å². The van der Waals surface area contributed by atoms with Gasteiger partial charge in [0.05, 0.1) is 7.11 Å². The first kappa shape index (κ1) is 14.2. The quantitative estimate of drug-likeness (QED) is 0.918. The summed E-state index contributed by atoms with van der Waals surface area (Å²) in [5, 5.41) is 3.67. The van der Waals surface area contributed by atoms with Crippen molar-refractivity contribution in [2.24, 2.45) is 0 Å². The number of methoxy groups -OCH3 is 1. The lowest BCUT2D eigenvalue weighted by molar-refractivity contribution is 0.414. The summed E-state index contributed by atoms with van der Waals surface area (Å²) in [7, 11) is 1.71. The molecule has 1 saturated heterocycles. The molecule has 0 aromatic heterocycles. The lowest BCUT2D eigenvalue weighted by Crippen LogP contribution is -2.29.